The summed E-state index contributed by atoms with van der Waals surface area (Å²) in [4.78, 5) is 29.9. The number of nitrogens with one attached hydrogen (secondary N) is 2. The van der Waals surface area contributed by atoms with Crippen LogP contribution in [0.3, 0.4) is 0 Å². The number of esters is 1. The molecule has 1 amide bonds. The van der Waals surface area contributed by atoms with Crippen LogP contribution in [0.4, 0.5) is 11.4 Å². The molecule has 1 aromatic heterocycles. The van der Waals surface area contributed by atoms with Crippen molar-refractivity contribution in [2.75, 3.05) is 57.5 Å². The van der Waals surface area contributed by atoms with Crippen LogP contribution in [0.25, 0.3) is 16.5 Å². The number of hydrogen-bond donors (Lipinski definition) is 2. The van der Waals surface area contributed by atoms with Crippen molar-refractivity contribution in [3.8, 4) is 0 Å². The first-order valence-corrected chi connectivity index (χ1v) is 12.9. The summed E-state index contributed by atoms with van der Waals surface area (Å²) >= 11 is 0. The third kappa shape index (κ3) is 5.12. The highest BCUT2D eigenvalue weighted by molar-refractivity contribution is 6.32. The van der Waals surface area contributed by atoms with Gasteiger partial charge in [0.05, 0.1) is 23.9 Å². The number of nitrogens with zero attached hydrogens (tertiary/aromatic N) is 3. The number of ether oxygens (including phenoxy) is 1. The molecule has 2 aliphatic heterocycles. The van der Waals surface area contributed by atoms with Gasteiger partial charge in [0.25, 0.3) is 5.91 Å². The fraction of sp³-hybridized carbons (Fsp3) is 0.379. The summed E-state index contributed by atoms with van der Waals surface area (Å²) in [6.45, 7) is 10.6. The van der Waals surface area contributed by atoms with E-state index >= 15 is 0 Å². The SMILES string of the molecule is COC(=O)c1cc2c(c(C(C)C)c1)/C(=C/Nc1ccc3c(ccn3CCN3CCN(C)CC3)c1)C(=O)N2. The van der Waals surface area contributed by atoms with Crippen LogP contribution in [0, 0.1) is 0 Å². The van der Waals surface area contributed by atoms with E-state index in [-0.39, 0.29) is 11.8 Å². The number of methoxy groups -OCH3 is 1. The Morgan fingerprint density at radius 1 is 1.11 bits per heavy atom. The van der Waals surface area contributed by atoms with E-state index in [1.54, 1.807) is 12.3 Å². The summed E-state index contributed by atoms with van der Waals surface area (Å²) in [7, 11) is 3.54. The van der Waals surface area contributed by atoms with Gasteiger partial charge in [0.1, 0.15) is 0 Å². The van der Waals surface area contributed by atoms with Gasteiger partial charge in [-0.1, -0.05) is 13.8 Å². The molecule has 0 unspecified atom stereocenters. The number of benzene rings is 2. The largest absolute Gasteiger partial charge is 0.465 e. The Bertz CT molecular complexity index is 1370. The number of rotatable bonds is 7. The minimum absolute atomic E-state index is 0.122. The smallest absolute Gasteiger partial charge is 0.337 e. The average molecular weight is 502 g/mol. The highest BCUT2D eigenvalue weighted by atomic mass is 16.5. The number of likely N-dealkylation sites (N-methyl/N-ethyl adjacent to an activating group) is 1. The third-order valence-electron chi connectivity index (χ3n) is 7.38. The van der Waals surface area contributed by atoms with Gasteiger partial charge in [0.15, 0.2) is 0 Å². The Labute approximate surface area is 217 Å². The number of carbonyl (C=O) groups excluding carboxylic acids is 2. The van der Waals surface area contributed by atoms with Gasteiger partial charge in [0, 0.05) is 73.8 Å². The molecule has 37 heavy (non-hydrogen) atoms. The zero-order valence-corrected chi connectivity index (χ0v) is 22.0. The van der Waals surface area contributed by atoms with Crippen LogP contribution in [0.5, 0.6) is 0 Å². The van der Waals surface area contributed by atoms with Gasteiger partial charge < -0.3 is 24.8 Å². The zero-order valence-electron chi connectivity index (χ0n) is 22.0. The van der Waals surface area contributed by atoms with Crippen molar-refractivity contribution in [1.82, 2.24) is 14.4 Å². The van der Waals surface area contributed by atoms with Crippen LogP contribution in [0.15, 0.2) is 48.8 Å². The lowest BCUT2D eigenvalue weighted by Gasteiger charge is -2.32. The lowest BCUT2D eigenvalue weighted by molar-refractivity contribution is -0.110. The molecule has 0 atom stereocenters. The summed E-state index contributed by atoms with van der Waals surface area (Å²) in [6, 6.07) is 11.9. The predicted molar refractivity (Wildman–Crippen MR) is 148 cm³/mol. The number of piperazine rings is 1. The second-order valence-corrected chi connectivity index (χ2v) is 10.2. The molecule has 1 fully saturated rings. The van der Waals surface area contributed by atoms with Crippen LogP contribution in [-0.4, -0.2) is 73.1 Å². The minimum atomic E-state index is -0.418. The van der Waals surface area contributed by atoms with E-state index in [1.165, 1.54) is 12.6 Å². The normalized spacial score (nSPS) is 17.4. The summed E-state index contributed by atoms with van der Waals surface area (Å²) in [5.74, 6) is -0.489. The van der Waals surface area contributed by atoms with Gasteiger partial charge in [-0.05, 0) is 54.9 Å². The van der Waals surface area contributed by atoms with Crippen LogP contribution in [0.1, 0.15) is 41.3 Å². The summed E-state index contributed by atoms with van der Waals surface area (Å²) in [5, 5.41) is 7.39. The molecule has 2 N–H and O–H groups in total. The van der Waals surface area contributed by atoms with E-state index < -0.39 is 5.97 Å². The molecule has 3 aromatic rings. The van der Waals surface area contributed by atoms with Gasteiger partial charge in [0.2, 0.25) is 0 Å². The first kappa shape index (κ1) is 25.0. The van der Waals surface area contributed by atoms with Gasteiger partial charge in [-0.3, -0.25) is 9.69 Å². The van der Waals surface area contributed by atoms with Crippen molar-refractivity contribution >= 4 is 39.7 Å². The molecule has 0 radical (unpaired) electrons. The number of amides is 1. The number of aromatic nitrogens is 1. The highest BCUT2D eigenvalue weighted by Gasteiger charge is 2.29. The first-order valence-electron chi connectivity index (χ1n) is 12.9. The molecule has 0 bridgehead atoms. The molecule has 5 rings (SSSR count). The molecule has 0 spiro atoms. The molecule has 0 saturated carbocycles. The lowest BCUT2D eigenvalue weighted by Crippen LogP contribution is -2.45. The van der Waals surface area contributed by atoms with Crippen molar-refractivity contribution in [3.63, 3.8) is 0 Å². The molecule has 2 aromatic carbocycles. The molecule has 8 nitrogen and oxygen atoms in total. The maximum atomic E-state index is 12.9. The number of hydrogen-bond acceptors (Lipinski definition) is 6. The molecule has 3 heterocycles. The Morgan fingerprint density at radius 3 is 2.62 bits per heavy atom. The molecule has 194 valence electrons. The van der Waals surface area contributed by atoms with E-state index in [2.05, 4.69) is 56.4 Å². The van der Waals surface area contributed by atoms with Crippen molar-refractivity contribution in [1.29, 1.82) is 0 Å². The molecular formula is C29H35N5O3. The fourth-order valence-corrected chi connectivity index (χ4v) is 5.16. The van der Waals surface area contributed by atoms with Gasteiger partial charge in [-0.25, -0.2) is 4.79 Å². The summed E-state index contributed by atoms with van der Waals surface area (Å²) < 4.78 is 7.20. The monoisotopic (exact) mass is 501 g/mol. The molecule has 1 saturated heterocycles. The number of carbonyl (C=O) groups is 2. The highest BCUT2D eigenvalue weighted by Crippen LogP contribution is 2.39. The fourth-order valence-electron chi connectivity index (χ4n) is 5.16. The standard InChI is InChI=1S/C29H35N5O3/c1-19(2)23-16-21(29(36)37-4)17-25-27(23)24(28(35)31-25)18-30-22-5-6-26-20(15-22)7-8-34(26)14-13-33-11-9-32(3)10-12-33/h5-8,15-19,30H,9-14H2,1-4H3,(H,31,35)/b24-18-. The first-order chi connectivity index (χ1) is 17.8. The Hall–Kier alpha value is -3.62. The zero-order chi connectivity index (χ0) is 26.1. The quantitative estimate of drug-likeness (QED) is 0.373. The predicted octanol–water partition coefficient (Wildman–Crippen LogP) is 4.20. The molecule has 2 aliphatic rings. The van der Waals surface area contributed by atoms with E-state index in [1.807, 2.05) is 26.0 Å². The second-order valence-electron chi connectivity index (χ2n) is 10.2. The maximum absolute atomic E-state index is 12.9. The van der Waals surface area contributed by atoms with Crippen LogP contribution in [-0.2, 0) is 16.1 Å². The van der Waals surface area contributed by atoms with E-state index in [9.17, 15) is 9.59 Å². The van der Waals surface area contributed by atoms with Crippen LogP contribution >= 0.6 is 0 Å². The second kappa shape index (κ2) is 10.4. The minimum Gasteiger partial charge on any atom is -0.465 e. The van der Waals surface area contributed by atoms with Crippen molar-refractivity contribution in [2.45, 2.75) is 26.3 Å². The van der Waals surface area contributed by atoms with Crippen LogP contribution in [0.2, 0.25) is 0 Å². The van der Waals surface area contributed by atoms with Gasteiger partial charge in [-0.2, -0.15) is 0 Å². The van der Waals surface area contributed by atoms with Crippen molar-refractivity contribution in [2.24, 2.45) is 0 Å². The van der Waals surface area contributed by atoms with Crippen molar-refractivity contribution in [3.05, 3.63) is 65.5 Å². The van der Waals surface area contributed by atoms with Crippen LogP contribution < -0.4 is 10.6 Å². The van der Waals surface area contributed by atoms with E-state index in [0.29, 0.717) is 16.8 Å². The van der Waals surface area contributed by atoms with E-state index in [0.717, 1.165) is 61.5 Å². The van der Waals surface area contributed by atoms with Gasteiger partial charge >= 0.3 is 5.97 Å². The molecular weight excluding hydrogens is 466 g/mol. The third-order valence-corrected chi connectivity index (χ3v) is 7.38. The Morgan fingerprint density at radius 2 is 1.89 bits per heavy atom. The molecule has 0 aliphatic carbocycles. The molecule has 8 heteroatoms. The Balaban J connectivity index is 1.34. The Kier molecular flexibility index (Phi) is 7.04. The van der Waals surface area contributed by atoms with E-state index in [4.69, 9.17) is 4.74 Å². The average Bonchev–Trinajstić information content (AvgIpc) is 3.45. The maximum Gasteiger partial charge on any atom is 0.337 e. The number of anilines is 2. The lowest BCUT2D eigenvalue weighted by atomic mass is 9.91. The topological polar surface area (TPSA) is 78.8 Å². The summed E-state index contributed by atoms with van der Waals surface area (Å²) in [6.07, 6.45) is 3.91. The van der Waals surface area contributed by atoms with Crippen molar-refractivity contribution < 1.29 is 14.3 Å². The number of fused-ring (bicyclic) bond motifs is 2. The summed E-state index contributed by atoms with van der Waals surface area (Å²) in [5.41, 5.74) is 5.50. The van der Waals surface area contributed by atoms with Gasteiger partial charge in [-0.15, -0.1) is 0 Å².